The minimum Gasteiger partial charge on any atom is -0.354 e. The maximum atomic E-state index is 14.3. The van der Waals surface area contributed by atoms with Crippen LogP contribution in [0.25, 0.3) is 11.0 Å². The number of pyridine rings is 1. The van der Waals surface area contributed by atoms with Gasteiger partial charge in [-0.3, -0.25) is 4.98 Å². The average Bonchev–Trinajstić information content (AvgIpc) is 2.93. The second kappa shape index (κ2) is 8.67. The summed E-state index contributed by atoms with van der Waals surface area (Å²) in [5.74, 6) is -0.227. The Labute approximate surface area is 176 Å². The summed E-state index contributed by atoms with van der Waals surface area (Å²) < 4.78 is 42.0. The minimum absolute atomic E-state index is 0.141. The molecule has 3 aromatic rings. The van der Waals surface area contributed by atoms with Crippen LogP contribution in [0.2, 0.25) is 0 Å². The molecule has 30 heavy (non-hydrogen) atoms. The highest BCUT2D eigenvalue weighted by atomic mass is 32.2. The summed E-state index contributed by atoms with van der Waals surface area (Å²) in [6.45, 7) is 4.44. The number of rotatable bonds is 7. The number of allylic oxidation sites excluding steroid dienone is 1. The van der Waals surface area contributed by atoms with E-state index in [-0.39, 0.29) is 17.3 Å². The molecule has 6 nitrogen and oxygen atoms in total. The second-order valence-corrected chi connectivity index (χ2v) is 9.67. The Morgan fingerprint density at radius 1 is 1.17 bits per heavy atom. The van der Waals surface area contributed by atoms with Crippen LogP contribution in [0.1, 0.15) is 22.5 Å². The molecule has 8 heteroatoms. The van der Waals surface area contributed by atoms with Gasteiger partial charge in [0.05, 0.1) is 29.0 Å². The lowest BCUT2D eigenvalue weighted by Crippen LogP contribution is -2.49. The second-order valence-electron chi connectivity index (χ2n) is 7.52. The van der Waals surface area contributed by atoms with E-state index in [1.54, 1.807) is 12.1 Å². The van der Waals surface area contributed by atoms with Crippen LogP contribution in [0.5, 0.6) is 0 Å². The lowest BCUT2D eigenvalue weighted by atomic mass is 10.0. The van der Waals surface area contributed by atoms with E-state index in [1.165, 1.54) is 24.5 Å². The van der Waals surface area contributed by atoms with Gasteiger partial charge in [0.15, 0.2) is 0 Å². The molecule has 0 bridgehead atoms. The first kappa shape index (κ1) is 22.1. The maximum Gasteiger partial charge on any atom is 0.242 e. The largest absolute Gasteiger partial charge is 0.354 e. The van der Waals surface area contributed by atoms with Crippen molar-refractivity contribution in [1.29, 1.82) is 0 Å². The zero-order chi connectivity index (χ0) is 22.1. The Morgan fingerprint density at radius 3 is 2.43 bits per heavy atom. The van der Waals surface area contributed by atoms with E-state index in [9.17, 15) is 12.8 Å². The molecule has 0 saturated heterocycles. The van der Waals surface area contributed by atoms with E-state index < -0.39 is 10.0 Å². The number of aromatic nitrogens is 2. The van der Waals surface area contributed by atoms with Crippen molar-refractivity contribution >= 4 is 21.1 Å². The molecular formula is C22H28FN4O2S+. The number of quaternary nitrogens is 1. The van der Waals surface area contributed by atoms with Gasteiger partial charge >= 0.3 is 0 Å². The van der Waals surface area contributed by atoms with Gasteiger partial charge < -0.3 is 10.3 Å². The summed E-state index contributed by atoms with van der Waals surface area (Å²) in [5.41, 5.74) is 9.22. The molecule has 0 atom stereocenters. The molecule has 0 saturated carbocycles. The van der Waals surface area contributed by atoms with E-state index in [4.69, 9.17) is 4.98 Å². The predicted octanol–water partition coefficient (Wildman–Crippen LogP) is 2.59. The summed E-state index contributed by atoms with van der Waals surface area (Å²) >= 11 is 0. The predicted molar refractivity (Wildman–Crippen MR) is 116 cm³/mol. The molecule has 0 unspecified atom stereocenters. The fourth-order valence-corrected chi connectivity index (χ4v) is 4.39. The standard InChI is InChI=1S/C22H27FN4O2S/c1-15-5-10-21-22(25-15)20(16(2)27(21)14-18(23)11-12-24)13-17-6-8-19(9-7-17)30(28,29)26(3)4/h5-11H,12-14,24H2,1-4H3/p+1. The van der Waals surface area contributed by atoms with Crippen molar-refractivity contribution in [3.63, 3.8) is 0 Å². The van der Waals surface area contributed by atoms with Gasteiger partial charge in [-0.2, -0.15) is 0 Å². The number of fused-ring (bicyclic) bond motifs is 1. The monoisotopic (exact) mass is 431 g/mol. The topological polar surface area (TPSA) is 82.8 Å². The van der Waals surface area contributed by atoms with E-state index in [0.29, 0.717) is 13.0 Å². The SMILES string of the molecule is Cc1ccc2c(n1)c(Cc1ccc(S(=O)(=O)N(C)C)cc1)c(C)n2CC(F)=CC[NH3+]. The van der Waals surface area contributed by atoms with Crippen molar-refractivity contribution in [3.05, 3.63) is 70.8 Å². The summed E-state index contributed by atoms with van der Waals surface area (Å²) in [7, 11) is -0.443. The molecule has 0 aliphatic rings. The van der Waals surface area contributed by atoms with E-state index in [2.05, 4.69) is 5.73 Å². The molecular weight excluding hydrogens is 403 g/mol. The highest BCUT2D eigenvalue weighted by molar-refractivity contribution is 7.89. The summed E-state index contributed by atoms with van der Waals surface area (Å²) in [6.07, 6.45) is 2.06. The number of benzene rings is 1. The molecule has 3 N–H and O–H groups in total. The van der Waals surface area contributed by atoms with Gasteiger partial charge in [-0.1, -0.05) is 12.1 Å². The molecule has 0 fully saturated rings. The van der Waals surface area contributed by atoms with Gasteiger partial charge in [-0.05, 0) is 43.7 Å². The van der Waals surface area contributed by atoms with Crippen LogP contribution >= 0.6 is 0 Å². The molecule has 2 aromatic heterocycles. The number of hydrogen-bond acceptors (Lipinski definition) is 3. The van der Waals surface area contributed by atoms with E-state index in [1.807, 2.05) is 42.7 Å². The number of nitrogens with zero attached hydrogens (tertiary/aromatic N) is 3. The average molecular weight is 432 g/mol. The first-order chi connectivity index (χ1) is 14.1. The molecule has 2 heterocycles. The van der Waals surface area contributed by atoms with Gasteiger partial charge in [-0.25, -0.2) is 17.1 Å². The summed E-state index contributed by atoms with van der Waals surface area (Å²) in [6, 6.07) is 10.8. The van der Waals surface area contributed by atoms with Crippen molar-refractivity contribution in [2.24, 2.45) is 0 Å². The molecule has 0 radical (unpaired) electrons. The van der Waals surface area contributed by atoms with Crippen molar-refractivity contribution in [3.8, 4) is 0 Å². The van der Waals surface area contributed by atoms with Crippen LogP contribution in [0, 0.1) is 13.8 Å². The first-order valence-electron chi connectivity index (χ1n) is 9.75. The maximum absolute atomic E-state index is 14.3. The minimum atomic E-state index is -3.47. The normalized spacial score (nSPS) is 12.8. The fraction of sp³-hybridized carbons (Fsp3) is 0.318. The Morgan fingerprint density at radius 2 is 1.83 bits per heavy atom. The summed E-state index contributed by atoms with van der Waals surface area (Å²) in [5, 5.41) is 0. The highest BCUT2D eigenvalue weighted by Crippen LogP contribution is 2.28. The molecule has 0 aliphatic heterocycles. The van der Waals surface area contributed by atoms with Crippen LogP contribution in [0.4, 0.5) is 4.39 Å². The number of hydrogen-bond donors (Lipinski definition) is 1. The molecule has 1 aromatic carbocycles. The van der Waals surface area contributed by atoms with Gasteiger partial charge in [0, 0.05) is 43.5 Å². The quantitative estimate of drug-likeness (QED) is 0.624. The molecule has 0 spiro atoms. The number of aryl methyl sites for hydroxylation is 1. The van der Waals surface area contributed by atoms with Crippen LogP contribution in [-0.4, -0.2) is 42.9 Å². The smallest absolute Gasteiger partial charge is 0.242 e. The van der Waals surface area contributed by atoms with Crippen LogP contribution < -0.4 is 5.73 Å². The third-order valence-corrected chi connectivity index (χ3v) is 7.02. The molecule has 0 amide bonds. The molecule has 160 valence electrons. The Bertz CT molecular complexity index is 1200. The third kappa shape index (κ3) is 4.30. The fourth-order valence-electron chi connectivity index (χ4n) is 3.49. The zero-order valence-electron chi connectivity index (χ0n) is 17.8. The molecule has 3 rings (SSSR count). The molecule has 0 aliphatic carbocycles. The lowest BCUT2D eigenvalue weighted by molar-refractivity contribution is -0.353. The van der Waals surface area contributed by atoms with Crippen molar-refractivity contribution in [1.82, 2.24) is 13.9 Å². The number of sulfonamides is 1. The zero-order valence-corrected chi connectivity index (χ0v) is 18.6. The highest BCUT2D eigenvalue weighted by Gasteiger charge is 2.19. The Balaban J connectivity index is 2.03. The Kier molecular flexibility index (Phi) is 6.40. The van der Waals surface area contributed by atoms with E-state index in [0.717, 1.165) is 33.5 Å². The van der Waals surface area contributed by atoms with Crippen LogP contribution in [0.15, 0.2) is 53.2 Å². The van der Waals surface area contributed by atoms with Crippen LogP contribution in [0.3, 0.4) is 0 Å². The Hall–Kier alpha value is -2.55. The summed E-state index contributed by atoms with van der Waals surface area (Å²) in [4.78, 5) is 4.96. The van der Waals surface area contributed by atoms with Crippen molar-refractivity contribution < 1.29 is 18.5 Å². The number of halogens is 1. The van der Waals surface area contributed by atoms with Gasteiger partial charge in [0.25, 0.3) is 0 Å². The third-order valence-electron chi connectivity index (χ3n) is 5.19. The van der Waals surface area contributed by atoms with Gasteiger partial charge in [0.2, 0.25) is 10.0 Å². The van der Waals surface area contributed by atoms with Gasteiger partial charge in [-0.15, -0.1) is 0 Å². The van der Waals surface area contributed by atoms with Crippen molar-refractivity contribution in [2.45, 2.75) is 31.7 Å². The van der Waals surface area contributed by atoms with E-state index >= 15 is 0 Å². The van der Waals surface area contributed by atoms with Gasteiger partial charge in [0.1, 0.15) is 5.83 Å². The van der Waals surface area contributed by atoms with Crippen molar-refractivity contribution in [2.75, 3.05) is 20.6 Å². The lowest BCUT2D eigenvalue weighted by Gasteiger charge is -2.12. The first-order valence-corrected chi connectivity index (χ1v) is 11.2. The van der Waals surface area contributed by atoms with Crippen LogP contribution in [-0.2, 0) is 23.0 Å².